The van der Waals surface area contributed by atoms with Gasteiger partial charge in [-0.1, -0.05) is 30.3 Å². The topological polar surface area (TPSA) is 69.4 Å². The van der Waals surface area contributed by atoms with Gasteiger partial charge in [0, 0.05) is 25.7 Å². The Labute approximate surface area is 168 Å². The molecule has 0 amide bonds. The lowest BCUT2D eigenvalue weighted by molar-refractivity contribution is -0.0504. The number of benzene rings is 2. The monoisotopic (exact) mass is 472 g/mol. The first-order valence-electron chi connectivity index (χ1n) is 7.58. The summed E-state index contributed by atoms with van der Waals surface area (Å²) in [5, 5.41) is 15.1. The predicted octanol–water partition coefficient (Wildman–Crippen LogP) is 3.64. The van der Waals surface area contributed by atoms with Crippen LogP contribution in [0.1, 0.15) is 16.7 Å². The molecule has 26 heavy (non-hydrogen) atoms. The molecule has 8 heteroatoms. The average Bonchev–Trinajstić information content (AvgIpc) is 2.62. The summed E-state index contributed by atoms with van der Waals surface area (Å²) in [5.41, 5.74) is 2.11. The van der Waals surface area contributed by atoms with Crippen LogP contribution in [0.25, 0.3) is 0 Å². The number of halogens is 3. The Morgan fingerprint density at radius 2 is 1.88 bits per heavy atom. The molecule has 5 nitrogen and oxygen atoms in total. The number of guanidine groups is 1. The minimum absolute atomic E-state index is 0. The molecule has 2 aromatic rings. The van der Waals surface area contributed by atoms with Crippen molar-refractivity contribution >= 4 is 29.9 Å². The van der Waals surface area contributed by atoms with E-state index in [0.29, 0.717) is 23.6 Å². The summed E-state index contributed by atoms with van der Waals surface area (Å²) >= 11 is 0. The van der Waals surface area contributed by atoms with Gasteiger partial charge in [0.15, 0.2) is 5.96 Å². The maximum atomic E-state index is 12.4. The van der Waals surface area contributed by atoms with E-state index in [1.165, 1.54) is 6.07 Å². The number of hydrogen-bond donors (Lipinski definition) is 2. The van der Waals surface area contributed by atoms with Gasteiger partial charge in [-0.15, -0.1) is 24.0 Å². The van der Waals surface area contributed by atoms with E-state index in [1.54, 1.807) is 37.4 Å². The summed E-state index contributed by atoms with van der Waals surface area (Å²) in [7, 11) is 1.61. The van der Waals surface area contributed by atoms with E-state index in [0.717, 1.165) is 5.56 Å². The summed E-state index contributed by atoms with van der Waals surface area (Å²) in [6.07, 6.45) is 0. The SMILES string of the molecule is CN=C(NCc1cccc(C#N)c1)NCc1ccccc1OC(F)F.I. The molecule has 2 N–H and O–H groups in total. The fraction of sp³-hybridized carbons (Fsp3) is 0.222. The number of hydrogen-bond acceptors (Lipinski definition) is 3. The molecule has 2 rings (SSSR count). The molecule has 0 bridgehead atoms. The van der Waals surface area contributed by atoms with Gasteiger partial charge in [-0.05, 0) is 23.8 Å². The first kappa shape index (κ1) is 21.6. The fourth-order valence-electron chi connectivity index (χ4n) is 2.20. The zero-order valence-corrected chi connectivity index (χ0v) is 16.4. The highest BCUT2D eigenvalue weighted by Crippen LogP contribution is 2.19. The first-order chi connectivity index (χ1) is 12.1. The molecule has 138 valence electrons. The maximum absolute atomic E-state index is 12.4. The van der Waals surface area contributed by atoms with Crippen molar-refractivity contribution in [2.75, 3.05) is 7.05 Å². The van der Waals surface area contributed by atoms with Crippen molar-refractivity contribution in [2.45, 2.75) is 19.7 Å². The third-order valence-corrected chi connectivity index (χ3v) is 3.37. The Bertz CT molecular complexity index is 778. The predicted molar refractivity (Wildman–Crippen MR) is 107 cm³/mol. The average molecular weight is 472 g/mol. The minimum Gasteiger partial charge on any atom is -0.434 e. The fourth-order valence-corrected chi connectivity index (χ4v) is 2.20. The molecule has 0 heterocycles. The highest BCUT2D eigenvalue weighted by atomic mass is 127. The summed E-state index contributed by atoms with van der Waals surface area (Å²) in [5.74, 6) is 0.636. The summed E-state index contributed by atoms with van der Waals surface area (Å²) in [6.45, 7) is -2.11. The number of aliphatic imine (C=N–C) groups is 1. The van der Waals surface area contributed by atoms with Gasteiger partial charge < -0.3 is 15.4 Å². The quantitative estimate of drug-likeness (QED) is 0.383. The number of nitrogens with one attached hydrogen (secondary N) is 2. The van der Waals surface area contributed by atoms with Crippen LogP contribution in [-0.4, -0.2) is 19.6 Å². The van der Waals surface area contributed by atoms with E-state index in [9.17, 15) is 8.78 Å². The van der Waals surface area contributed by atoms with Crippen LogP contribution in [0.15, 0.2) is 53.5 Å². The van der Waals surface area contributed by atoms with E-state index < -0.39 is 6.61 Å². The van der Waals surface area contributed by atoms with Crippen molar-refractivity contribution in [2.24, 2.45) is 4.99 Å². The van der Waals surface area contributed by atoms with Gasteiger partial charge in [-0.3, -0.25) is 4.99 Å². The lowest BCUT2D eigenvalue weighted by atomic mass is 10.1. The van der Waals surface area contributed by atoms with Gasteiger partial charge in [-0.25, -0.2) is 0 Å². The number of rotatable bonds is 6. The van der Waals surface area contributed by atoms with Crippen molar-refractivity contribution in [3.8, 4) is 11.8 Å². The highest BCUT2D eigenvalue weighted by molar-refractivity contribution is 14.0. The molecule has 0 aliphatic rings. The molecule has 0 saturated heterocycles. The number of nitrogens with zero attached hydrogens (tertiary/aromatic N) is 2. The van der Waals surface area contributed by atoms with Crippen molar-refractivity contribution in [3.05, 3.63) is 65.2 Å². The van der Waals surface area contributed by atoms with Crippen LogP contribution in [0.3, 0.4) is 0 Å². The van der Waals surface area contributed by atoms with Crippen LogP contribution >= 0.6 is 24.0 Å². The summed E-state index contributed by atoms with van der Waals surface area (Å²) in [4.78, 5) is 4.09. The smallest absolute Gasteiger partial charge is 0.387 e. The van der Waals surface area contributed by atoms with Gasteiger partial charge in [0.25, 0.3) is 0 Å². The zero-order valence-electron chi connectivity index (χ0n) is 14.1. The molecule has 0 saturated carbocycles. The lowest BCUT2D eigenvalue weighted by Gasteiger charge is -2.14. The van der Waals surface area contributed by atoms with Crippen LogP contribution in [0.4, 0.5) is 8.78 Å². The van der Waals surface area contributed by atoms with Gasteiger partial charge in [0.1, 0.15) is 5.75 Å². The molecule has 2 aromatic carbocycles. The molecule has 0 aromatic heterocycles. The standard InChI is InChI=1S/C18H18F2N4O.HI/c1-22-18(23-11-14-6-4-5-13(9-14)10-21)24-12-15-7-2-3-8-16(15)25-17(19)20;/h2-9,17H,11-12H2,1H3,(H2,22,23,24);1H. The third-order valence-electron chi connectivity index (χ3n) is 3.37. The van der Waals surface area contributed by atoms with E-state index in [1.807, 2.05) is 12.1 Å². The van der Waals surface area contributed by atoms with E-state index in [4.69, 9.17) is 5.26 Å². The summed E-state index contributed by atoms with van der Waals surface area (Å²) in [6, 6.07) is 15.9. The molecule has 0 spiro atoms. The Morgan fingerprint density at radius 3 is 2.58 bits per heavy atom. The van der Waals surface area contributed by atoms with Crippen LogP contribution in [0, 0.1) is 11.3 Å². The van der Waals surface area contributed by atoms with Gasteiger partial charge >= 0.3 is 6.61 Å². The summed E-state index contributed by atoms with van der Waals surface area (Å²) < 4.78 is 29.4. The number of nitriles is 1. The maximum Gasteiger partial charge on any atom is 0.387 e. The van der Waals surface area contributed by atoms with E-state index in [2.05, 4.69) is 26.4 Å². The van der Waals surface area contributed by atoms with Crippen molar-refractivity contribution in [1.29, 1.82) is 5.26 Å². The molecular weight excluding hydrogens is 453 g/mol. The second-order valence-electron chi connectivity index (χ2n) is 5.08. The zero-order chi connectivity index (χ0) is 18.1. The van der Waals surface area contributed by atoms with Gasteiger partial charge in [0.2, 0.25) is 0 Å². The molecule has 0 unspecified atom stereocenters. The van der Waals surface area contributed by atoms with Crippen molar-refractivity contribution < 1.29 is 13.5 Å². The highest BCUT2D eigenvalue weighted by Gasteiger charge is 2.09. The van der Waals surface area contributed by atoms with Crippen LogP contribution in [-0.2, 0) is 13.1 Å². The van der Waals surface area contributed by atoms with E-state index in [-0.39, 0.29) is 36.3 Å². The third kappa shape index (κ3) is 6.84. The normalized spacial score (nSPS) is 10.7. The molecular formula is C18H19F2IN4O. The molecule has 0 fully saturated rings. The Balaban J connectivity index is 0.00000338. The second-order valence-corrected chi connectivity index (χ2v) is 5.08. The number of ether oxygens (including phenoxy) is 1. The molecule has 0 aliphatic heterocycles. The van der Waals surface area contributed by atoms with Gasteiger partial charge in [0.05, 0.1) is 11.6 Å². The van der Waals surface area contributed by atoms with Crippen molar-refractivity contribution in [1.82, 2.24) is 10.6 Å². The van der Waals surface area contributed by atoms with Crippen molar-refractivity contribution in [3.63, 3.8) is 0 Å². The number of para-hydroxylation sites is 1. The Morgan fingerprint density at radius 1 is 1.15 bits per heavy atom. The molecule has 0 aliphatic carbocycles. The number of alkyl halides is 2. The van der Waals surface area contributed by atoms with E-state index >= 15 is 0 Å². The first-order valence-corrected chi connectivity index (χ1v) is 7.58. The molecule has 0 atom stereocenters. The lowest BCUT2D eigenvalue weighted by Crippen LogP contribution is -2.36. The Kier molecular flexibility index (Phi) is 9.36. The second kappa shape index (κ2) is 11.3. The molecule has 0 radical (unpaired) electrons. The minimum atomic E-state index is -2.87. The van der Waals surface area contributed by atoms with Crippen LogP contribution in [0.2, 0.25) is 0 Å². The van der Waals surface area contributed by atoms with Crippen LogP contribution < -0.4 is 15.4 Å². The van der Waals surface area contributed by atoms with Gasteiger partial charge in [-0.2, -0.15) is 14.0 Å². The Hall–Kier alpha value is -2.41. The van der Waals surface area contributed by atoms with Crippen LogP contribution in [0.5, 0.6) is 5.75 Å². The largest absolute Gasteiger partial charge is 0.434 e.